The molecule has 0 aliphatic carbocycles. The number of likely N-dealkylation sites (N-methyl/N-ethyl adjacent to an activating group) is 1. The number of benzene rings is 2. The van der Waals surface area contributed by atoms with Gasteiger partial charge in [0, 0.05) is 18.7 Å². The molecular formula is C36H52N4O4. The highest BCUT2D eigenvalue weighted by Crippen LogP contribution is 2.31. The number of rotatable bonds is 12. The van der Waals surface area contributed by atoms with Crippen molar-refractivity contribution in [1.29, 1.82) is 0 Å². The van der Waals surface area contributed by atoms with E-state index in [1.165, 1.54) is 0 Å². The lowest BCUT2D eigenvalue weighted by Crippen LogP contribution is -2.58. The Balaban J connectivity index is 1.79. The highest BCUT2D eigenvalue weighted by atomic mass is 16.5. The van der Waals surface area contributed by atoms with Crippen molar-refractivity contribution in [3.8, 4) is 16.9 Å². The van der Waals surface area contributed by atoms with E-state index < -0.39 is 6.04 Å². The summed E-state index contributed by atoms with van der Waals surface area (Å²) in [5.74, 6) is -0.0438. The molecular weight excluding hydrogens is 552 g/mol. The molecule has 2 N–H and O–H groups in total. The number of nitrogens with zero attached hydrogens (tertiary/aromatic N) is 2. The lowest BCUT2D eigenvalue weighted by atomic mass is 9.95. The van der Waals surface area contributed by atoms with Crippen molar-refractivity contribution < 1.29 is 19.1 Å². The average molecular weight is 605 g/mol. The molecule has 1 saturated heterocycles. The van der Waals surface area contributed by atoms with Crippen LogP contribution in [0, 0.1) is 11.8 Å². The van der Waals surface area contributed by atoms with E-state index >= 15 is 0 Å². The fourth-order valence-electron chi connectivity index (χ4n) is 5.90. The Morgan fingerprint density at radius 2 is 1.64 bits per heavy atom. The zero-order valence-electron chi connectivity index (χ0n) is 28.0. The number of likely N-dealkylation sites (tertiary alicyclic amines) is 1. The maximum absolute atomic E-state index is 13.9. The summed E-state index contributed by atoms with van der Waals surface area (Å²) in [6, 6.07) is 14.6. The van der Waals surface area contributed by atoms with Gasteiger partial charge in [-0.15, -0.1) is 0 Å². The van der Waals surface area contributed by atoms with Crippen molar-refractivity contribution in [2.24, 2.45) is 11.8 Å². The van der Waals surface area contributed by atoms with Crippen LogP contribution in [0.2, 0.25) is 0 Å². The molecule has 1 aliphatic heterocycles. The van der Waals surface area contributed by atoms with E-state index in [0.717, 1.165) is 36.9 Å². The first kappa shape index (κ1) is 34.8. The molecule has 0 saturated carbocycles. The first-order chi connectivity index (χ1) is 20.8. The monoisotopic (exact) mass is 604 g/mol. The van der Waals surface area contributed by atoms with Crippen molar-refractivity contribution in [3.63, 3.8) is 0 Å². The second-order valence-electron chi connectivity index (χ2n) is 12.8. The summed E-state index contributed by atoms with van der Waals surface area (Å²) in [5.41, 5.74) is 3.04. The number of ether oxygens (including phenoxy) is 1. The first-order valence-electron chi connectivity index (χ1n) is 15.9. The lowest BCUT2D eigenvalue weighted by Gasteiger charge is -2.39. The Labute approximate surface area is 264 Å². The number of hydrogen-bond acceptors (Lipinski definition) is 5. The Morgan fingerprint density at radius 1 is 0.955 bits per heavy atom. The van der Waals surface area contributed by atoms with Crippen LogP contribution in [0.3, 0.4) is 0 Å². The van der Waals surface area contributed by atoms with Gasteiger partial charge in [0.15, 0.2) is 0 Å². The average Bonchev–Trinajstić information content (AvgIpc) is 3.01. The molecule has 8 heteroatoms. The van der Waals surface area contributed by atoms with E-state index in [2.05, 4.69) is 29.4 Å². The molecule has 3 amide bonds. The second kappa shape index (κ2) is 15.9. The largest absolute Gasteiger partial charge is 0.495 e. The SMILES string of the molecule is COc1ccc(-c2ccccc2)cc1NC(=O)C(C)=C[C@H](C(C)C)N(C)C(=O)[C@@H](NC(=O)[C@H]1CCCCN1C(C)C)C(C)C. The van der Waals surface area contributed by atoms with Gasteiger partial charge in [0.1, 0.15) is 11.8 Å². The van der Waals surface area contributed by atoms with E-state index in [1.807, 2.05) is 82.3 Å². The van der Waals surface area contributed by atoms with Gasteiger partial charge < -0.3 is 20.3 Å². The van der Waals surface area contributed by atoms with Crippen molar-refractivity contribution in [2.75, 3.05) is 26.0 Å². The normalized spacial score (nSPS) is 17.4. The standard InChI is InChI=1S/C36H52N4O4/c1-23(2)31(39(8)36(43)33(24(3)4)38-35(42)30-17-13-14-20-40(30)25(5)6)21-26(7)34(41)37-29-22-28(18-19-32(29)44-9)27-15-11-10-12-16-27/h10-12,15-16,18-19,21-25,30-31,33H,13-14,17,20H2,1-9H3,(H,37,41)(H,38,42)/t30-,31-,33+/m1/s1. The quantitative estimate of drug-likeness (QED) is 0.284. The molecule has 0 unspecified atom stereocenters. The van der Waals surface area contributed by atoms with Crippen molar-refractivity contribution in [1.82, 2.24) is 15.1 Å². The lowest BCUT2D eigenvalue weighted by molar-refractivity contribution is -0.140. The van der Waals surface area contributed by atoms with Crippen LogP contribution in [0.5, 0.6) is 5.75 Å². The van der Waals surface area contributed by atoms with Gasteiger partial charge >= 0.3 is 0 Å². The Morgan fingerprint density at radius 3 is 2.23 bits per heavy atom. The van der Waals surface area contributed by atoms with Gasteiger partial charge in [0.2, 0.25) is 11.8 Å². The Hall–Kier alpha value is -3.65. The number of nitrogens with one attached hydrogen (secondary N) is 2. The first-order valence-corrected chi connectivity index (χ1v) is 15.9. The predicted octanol–water partition coefficient (Wildman–Crippen LogP) is 6.13. The van der Waals surface area contributed by atoms with E-state index in [0.29, 0.717) is 17.0 Å². The summed E-state index contributed by atoms with van der Waals surface area (Å²) in [4.78, 5) is 44.7. The maximum atomic E-state index is 13.9. The molecule has 2 aromatic carbocycles. The molecule has 8 nitrogen and oxygen atoms in total. The molecule has 0 aromatic heterocycles. The number of amides is 3. The van der Waals surface area contributed by atoms with Crippen LogP contribution in [0.15, 0.2) is 60.2 Å². The Kier molecular flexibility index (Phi) is 12.6. The molecule has 2 aromatic rings. The molecule has 1 aliphatic rings. The summed E-state index contributed by atoms with van der Waals surface area (Å²) >= 11 is 0. The molecule has 240 valence electrons. The number of piperidine rings is 1. The highest BCUT2D eigenvalue weighted by Gasteiger charge is 2.36. The third-order valence-corrected chi connectivity index (χ3v) is 8.55. The minimum Gasteiger partial charge on any atom is -0.495 e. The molecule has 3 rings (SSSR count). The van der Waals surface area contributed by atoms with Crippen LogP contribution in [0.1, 0.15) is 67.7 Å². The van der Waals surface area contributed by atoms with Crippen LogP contribution in [0.4, 0.5) is 5.69 Å². The van der Waals surface area contributed by atoms with E-state index in [-0.39, 0.29) is 47.7 Å². The van der Waals surface area contributed by atoms with Gasteiger partial charge in [-0.05, 0) is 75.3 Å². The molecule has 1 fully saturated rings. The third-order valence-electron chi connectivity index (χ3n) is 8.55. The second-order valence-corrected chi connectivity index (χ2v) is 12.8. The van der Waals surface area contributed by atoms with Crippen molar-refractivity contribution in [2.45, 2.75) is 91.9 Å². The molecule has 0 bridgehead atoms. The van der Waals surface area contributed by atoms with Crippen LogP contribution < -0.4 is 15.4 Å². The smallest absolute Gasteiger partial charge is 0.251 e. The molecule has 0 spiro atoms. The van der Waals surface area contributed by atoms with Crippen LogP contribution in [-0.4, -0.2) is 72.4 Å². The fraction of sp³-hybridized carbons (Fsp3) is 0.528. The summed E-state index contributed by atoms with van der Waals surface area (Å²) in [6.07, 6.45) is 4.72. The number of carbonyl (C=O) groups is 3. The zero-order chi connectivity index (χ0) is 32.6. The highest BCUT2D eigenvalue weighted by molar-refractivity contribution is 6.04. The topological polar surface area (TPSA) is 91.0 Å². The van der Waals surface area contributed by atoms with Crippen LogP contribution >= 0.6 is 0 Å². The number of carbonyl (C=O) groups excluding carboxylic acids is 3. The fourth-order valence-corrected chi connectivity index (χ4v) is 5.90. The summed E-state index contributed by atoms with van der Waals surface area (Å²) in [5, 5.41) is 6.10. The van der Waals surface area contributed by atoms with Gasteiger partial charge in [-0.1, -0.05) is 76.6 Å². The molecule has 1 heterocycles. The minimum absolute atomic E-state index is 0.0286. The summed E-state index contributed by atoms with van der Waals surface area (Å²) in [6.45, 7) is 14.8. The van der Waals surface area contributed by atoms with Gasteiger partial charge in [0.25, 0.3) is 5.91 Å². The summed E-state index contributed by atoms with van der Waals surface area (Å²) in [7, 11) is 3.33. The minimum atomic E-state index is -0.669. The molecule has 44 heavy (non-hydrogen) atoms. The van der Waals surface area contributed by atoms with E-state index in [9.17, 15) is 14.4 Å². The van der Waals surface area contributed by atoms with E-state index in [1.54, 1.807) is 26.0 Å². The van der Waals surface area contributed by atoms with Crippen LogP contribution in [0.25, 0.3) is 11.1 Å². The number of anilines is 1. The predicted molar refractivity (Wildman–Crippen MR) is 178 cm³/mol. The van der Waals surface area contributed by atoms with Gasteiger partial charge in [-0.3, -0.25) is 19.3 Å². The zero-order valence-corrected chi connectivity index (χ0v) is 28.0. The van der Waals surface area contributed by atoms with Gasteiger partial charge in [0.05, 0.1) is 24.9 Å². The number of methoxy groups -OCH3 is 1. The van der Waals surface area contributed by atoms with Crippen molar-refractivity contribution in [3.05, 3.63) is 60.2 Å². The Bertz CT molecular complexity index is 1300. The molecule has 3 atom stereocenters. The van der Waals surface area contributed by atoms with Gasteiger partial charge in [-0.25, -0.2) is 0 Å². The molecule has 0 radical (unpaired) electrons. The third kappa shape index (κ3) is 8.72. The van der Waals surface area contributed by atoms with Crippen molar-refractivity contribution >= 4 is 23.4 Å². The van der Waals surface area contributed by atoms with Gasteiger partial charge in [-0.2, -0.15) is 0 Å². The maximum Gasteiger partial charge on any atom is 0.251 e. The van der Waals surface area contributed by atoms with Crippen LogP contribution in [-0.2, 0) is 14.4 Å². The number of hydrogen-bond donors (Lipinski definition) is 2. The summed E-state index contributed by atoms with van der Waals surface area (Å²) < 4.78 is 5.53. The van der Waals surface area contributed by atoms with E-state index in [4.69, 9.17) is 4.74 Å².